The summed E-state index contributed by atoms with van der Waals surface area (Å²) < 4.78 is 2.21. The van der Waals surface area contributed by atoms with Crippen molar-refractivity contribution in [2.24, 2.45) is 0 Å². The molecule has 0 spiro atoms. The predicted molar refractivity (Wildman–Crippen MR) is 106 cm³/mol. The molecule has 0 saturated carbocycles. The van der Waals surface area contributed by atoms with E-state index in [1.54, 1.807) is 7.05 Å². The SMILES string of the molecule is CNC(=O)c1ccc(Cn2c(CCCNC(C)=O)nc3ccccc32)cc1. The van der Waals surface area contributed by atoms with Crippen molar-refractivity contribution in [3.8, 4) is 0 Å². The van der Waals surface area contributed by atoms with Crippen molar-refractivity contribution in [2.75, 3.05) is 13.6 Å². The summed E-state index contributed by atoms with van der Waals surface area (Å²) in [5, 5.41) is 5.46. The van der Waals surface area contributed by atoms with Gasteiger partial charge in [-0.05, 0) is 36.2 Å². The van der Waals surface area contributed by atoms with Crippen LogP contribution in [0.2, 0.25) is 0 Å². The Labute approximate surface area is 158 Å². The van der Waals surface area contributed by atoms with E-state index in [1.165, 1.54) is 6.92 Å². The Balaban J connectivity index is 1.82. The van der Waals surface area contributed by atoms with Gasteiger partial charge in [-0.15, -0.1) is 0 Å². The molecule has 2 aromatic carbocycles. The molecule has 0 atom stereocenters. The minimum Gasteiger partial charge on any atom is -0.356 e. The van der Waals surface area contributed by atoms with Crippen molar-refractivity contribution >= 4 is 22.8 Å². The first-order valence-electron chi connectivity index (χ1n) is 9.08. The Kier molecular flexibility index (Phi) is 5.86. The third-order valence-corrected chi connectivity index (χ3v) is 4.47. The molecule has 0 aliphatic carbocycles. The Bertz CT molecular complexity index is 944. The van der Waals surface area contributed by atoms with E-state index in [0.29, 0.717) is 18.7 Å². The second-order valence-corrected chi connectivity index (χ2v) is 6.47. The van der Waals surface area contributed by atoms with E-state index < -0.39 is 0 Å². The van der Waals surface area contributed by atoms with Crippen LogP contribution in [-0.2, 0) is 17.8 Å². The minimum atomic E-state index is -0.0895. The maximum atomic E-state index is 11.7. The molecule has 27 heavy (non-hydrogen) atoms. The topological polar surface area (TPSA) is 76.0 Å². The summed E-state index contributed by atoms with van der Waals surface area (Å²) >= 11 is 0. The molecule has 3 aromatic rings. The molecule has 1 aromatic heterocycles. The number of amides is 2. The molecule has 0 aliphatic heterocycles. The molecule has 0 aliphatic rings. The van der Waals surface area contributed by atoms with Gasteiger partial charge in [0, 0.05) is 39.0 Å². The first-order valence-corrected chi connectivity index (χ1v) is 9.08. The lowest BCUT2D eigenvalue weighted by Crippen LogP contribution is -2.21. The van der Waals surface area contributed by atoms with E-state index in [-0.39, 0.29) is 11.8 Å². The summed E-state index contributed by atoms with van der Waals surface area (Å²) in [6.45, 7) is 2.85. The maximum absolute atomic E-state index is 11.7. The molecule has 2 amide bonds. The lowest BCUT2D eigenvalue weighted by Gasteiger charge is -2.10. The van der Waals surface area contributed by atoms with Crippen LogP contribution in [0.4, 0.5) is 0 Å². The van der Waals surface area contributed by atoms with E-state index in [0.717, 1.165) is 35.3 Å². The molecule has 6 heteroatoms. The number of nitrogens with one attached hydrogen (secondary N) is 2. The average Bonchev–Trinajstić information content (AvgIpc) is 3.02. The zero-order valence-corrected chi connectivity index (χ0v) is 15.7. The molecular weight excluding hydrogens is 340 g/mol. The van der Waals surface area contributed by atoms with Gasteiger partial charge < -0.3 is 15.2 Å². The number of para-hydroxylation sites is 2. The molecule has 3 rings (SSSR count). The summed E-state index contributed by atoms with van der Waals surface area (Å²) in [7, 11) is 1.63. The smallest absolute Gasteiger partial charge is 0.251 e. The van der Waals surface area contributed by atoms with Crippen LogP contribution in [-0.4, -0.2) is 35.0 Å². The van der Waals surface area contributed by atoms with E-state index in [9.17, 15) is 9.59 Å². The fourth-order valence-corrected chi connectivity index (χ4v) is 3.09. The van der Waals surface area contributed by atoms with E-state index in [2.05, 4.69) is 21.3 Å². The third kappa shape index (κ3) is 4.53. The quantitative estimate of drug-likeness (QED) is 0.633. The number of rotatable bonds is 7. The fraction of sp³-hybridized carbons (Fsp3) is 0.286. The van der Waals surface area contributed by atoms with Crippen LogP contribution >= 0.6 is 0 Å². The highest BCUT2D eigenvalue weighted by molar-refractivity contribution is 5.93. The number of imidazole rings is 1. The van der Waals surface area contributed by atoms with Crippen molar-refractivity contribution in [3.05, 3.63) is 65.5 Å². The van der Waals surface area contributed by atoms with Crippen LogP contribution in [0.25, 0.3) is 11.0 Å². The molecule has 6 nitrogen and oxygen atoms in total. The lowest BCUT2D eigenvalue weighted by molar-refractivity contribution is -0.118. The van der Waals surface area contributed by atoms with Gasteiger partial charge in [0.1, 0.15) is 5.82 Å². The fourth-order valence-electron chi connectivity index (χ4n) is 3.09. The van der Waals surface area contributed by atoms with Crippen LogP contribution < -0.4 is 10.6 Å². The van der Waals surface area contributed by atoms with Gasteiger partial charge in [-0.1, -0.05) is 24.3 Å². The van der Waals surface area contributed by atoms with Crippen LogP contribution in [0, 0.1) is 0 Å². The van der Waals surface area contributed by atoms with Crippen molar-refractivity contribution in [3.63, 3.8) is 0 Å². The first-order chi connectivity index (χ1) is 13.1. The summed E-state index contributed by atoms with van der Waals surface area (Å²) in [4.78, 5) is 27.5. The standard InChI is InChI=1S/C21H24N4O2/c1-15(26)23-13-5-8-20-24-18-6-3-4-7-19(18)25(20)14-16-9-11-17(12-10-16)21(27)22-2/h3-4,6-7,9-12H,5,8,13-14H2,1-2H3,(H,22,27)(H,23,26). The van der Waals surface area contributed by atoms with Crippen molar-refractivity contribution < 1.29 is 9.59 Å². The number of fused-ring (bicyclic) bond motifs is 1. The van der Waals surface area contributed by atoms with E-state index in [1.807, 2.05) is 42.5 Å². The van der Waals surface area contributed by atoms with Gasteiger partial charge in [0.15, 0.2) is 0 Å². The molecule has 0 fully saturated rings. The highest BCUT2D eigenvalue weighted by Gasteiger charge is 2.11. The molecular formula is C21H24N4O2. The Morgan fingerprint density at radius 2 is 1.81 bits per heavy atom. The van der Waals surface area contributed by atoms with Crippen molar-refractivity contribution in [2.45, 2.75) is 26.3 Å². The minimum absolute atomic E-state index is 0.0142. The van der Waals surface area contributed by atoms with Crippen LogP contribution in [0.5, 0.6) is 0 Å². The van der Waals surface area contributed by atoms with Gasteiger partial charge in [-0.3, -0.25) is 9.59 Å². The number of carbonyl (C=O) groups is 2. The average molecular weight is 364 g/mol. The van der Waals surface area contributed by atoms with Gasteiger partial charge in [0.05, 0.1) is 11.0 Å². The second-order valence-electron chi connectivity index (χ2n) is 6.47. The highest BCUT2D eigenvalue weighted by atomic mass is 16.2. The zero-order valence-electron chi connectivity index (χ0n) is 15.7. The third-order valence-electron chi connectivity index (χ3n) is 4.47. The predicted octanol–water partition coefficient (Wildman–Crippen LogP) is 2.51. The van der Waals surface area contributed by atoms with Gasteiger partial charge in [-0.25, -0.2) is 4.98 Å². The van der Waals surface area contributed by atoms with Crippen molar-refractivity contribution in [1.29, 1.82) is 0 Å². The van der Waals surface area contributed by atoms with E-state index in [4.69, 9.17) is 4.98 Å². The van der Waals surface area contributed by atoms with Gasteiger partial charge in [-0.2, -0.15) is 0 Å². The summed E-state index contributed by atoms with van der Waals surface area (Å²) in [5.41, 5.74) is 3.80. The van der Waals surface area contributed by atoms with Gasteiger partial charge in [0.2, 0.25) is 5.91 Å². The number of aryl methyl sites for hydroxylation is 1. The Morgan fingerprint density at radius 3 is 2.52 bits per heavy atom. The monoisotopic (exact) mass is 364 g/mol. The molecule has 2 N–H and O–H groups in total. The highest BCUT2D eigenvalue weighted by Crippen LogP contribution is 2.19. The second kappa shape index (κ2) is 8.49. The molecule has 0 radical (unpaired) electrons. The molecule has 1 heterocycles. The lowest BCUT2D eigenvalue weighted by atomic mass is 10.1. The number of hydrogen-bond donors (Lipinski definition) is 2. The number of benzene rings is 2. The normalized spacial score (nSPS) is 10.7. The Morgan fingerprint density at radius 1 is 1.07 bits per heavy atom. The summed E-state index contributed by atoms with van der Waals surface area (Å²) in [6.07, 6.45) is 1.61. The summed E-state index contributed by atoms with van der Waals surface area (Å²) in [5.74, 6) is 0.893. The van der Waals surface area contributed by atoms with Gasteiger partial charge in [0.25, 0.3) is 5.91 Å². The van der Waals surface area contributed by atoms with Crippen LogP contribution in [0.3, 0.4) is 0 Å². The van der Waals surface area contributed by atoms with Crippen LogP contribution in [0.15, 0.2) is 48.5 Å². The molecule has 0 unspecified atom stereocenters. The molecule has 0 saturated heterocycles. The molecule has 140 valence electrons. The number of hydrogen-bond acceptors (Lipinski definition) is 3. The number of aromatic nitrogens is 2. The largest absolute Gasteiger partial charge is 0.356 e. The van der Waals surface area contributed by atoms with Crippen LogP contribution in [0.1, 0.15) is 35.1 Å². The zero-order chi connectivity index (χ0) is 19.2. The Hall–Kier alpha value is -3.15. The molecule has 0 bridgehead atoms. The van der Waals surface area contributed by atoms with Crippen molar-refractivity contribution in [1.82, 2.24) is 20.2 Å². The number of carbonyl (C=O) groups excluding carboxylic acids is 2. The van der Waals surface area contributed by atoms with E-state index >= 15 is 0 Å². The van der Waals surface area contributed by atoms with Gasteiger partial charge >= 0.3 is 0 Å². The summed E-state index contributed by atoms with van der Waals surface area (Å²) in [6, 6.07) is 15.7. The maximum Gasteiger partial charge on any atom is 0.251 e. The number of nitrogens with zero attached hydrogens (tertiary/aromatic N) is 2. The first kappa shape index (κ1) is 18.6.